The molecule has 0 aromatic heterocycles. The molecule has 0 atom stereocenters. The summed E-state index contributed by atoms with van der Waals surface area (Å²) < 4.78 is 25.7. The molecule has 0 fully saturated rings. The van der Waals surface area contributed by atoms with Gasteiger partial charge in [-0.05, 0) is 58.4 Å². The highest BCUT2D eigenvalue weighted by Crippen LogP contribution is 2.41. The van der Waals surface area contributed by atoms with Gasteiger partial charge in [-0.2, -0.15) is 0 Å². The third-order valence-electron chi connectivity index (χ3n) is 4.20. The molecule has 4 nitrogen and oxygen atoms in total. The van der Waals surface area contributed by atoms with Crippen molar-refractivity contribution in [3.63, 3.8) is 0 Å². The van der Waals surface area contributed by atoms with E-state index in [9.17, 15) is 0 Å². The minimum atomic E-state index is -2.65. The van der Waals surface area contributed by atoms with Gasteiger partial charge in [-0.25, -0.2) is 0 Å². The molecule has 26 heavy (non-hydrogen) atoms. The molecule has 0 bridgehead atoms. The lowest BCUT2D eigenvalue weighted by atomic mass is 10.4. The Labute approximate surface area is 164 Å². The van der Waals surface area contributed by atoms with Crippen LogP contribution in [0, 0.1) is 0 Å². The van der Waals surface area contributed by atoms with Crippen molar-refractivity contribution in [3.8, 4) is 0 Å². The quantitative estimate of drug-likeness (QED) is 0.309. The summed E-state index contributed by atoms with van der Waals surface area (Å²) in [6.07, 6.45) is 8.36. The molecular formula is C20H42O4Si2. The summed E-state index contributed by atoms with van der Waals surface area (Å²) in [6, 6.07) is 0. The molecule has 6 heteroatoms. The van der Waals surface area contributed by atoms with Crippen molar-refractivity contribution in [2.75, 3.05) is 26.4 Å². The maximum Gasteiger partial charge on any atom is 0.370 e. The first kappa shape index (κ1) is 25.8. The lowest BCUT2D eigenvalue weighted by Gasteiger charge is -2.43. The van der Waals surface area contributed by atoms with Gasteiger partial charge in [0.25, 0.3) is 0 Å². The average Bonchev–Trinajstić information content (AvgIpc) is 2.63. The van der Waals surface area contributed by atoms with Crippen LogP contribution >= 0.6 is 0 Å². The third-order valence-corrected chi connectivity index (χ3v) is 13.5. The van der Waals surface area contributed by atoms with Crippen molar-refractivity contribution in [1.29, 1.82) is 0 Å². The molecule has 0 radical (unpaired) electrons. The molecule has 0 aromatic rings. The van der Waals surface area contributed by atoms with Crippen molar-refractivity contribution in [3.05, 3.63) is 23.6 Å². The van der Waals surface area contributed by atoms with Gasteiger partial charge in [-0.1, -0.05) is 39.3 Å². The Hall–Kier alpha value is -0.246. The molecule has 0 aliphatic carbocycles. The predicted molar refractivity (Wildman–Crippen MR) is 116 cm³/mol. The van der Waals surface area contributed by atoms with Crippen molar-refractivity contribution in [2.24, 2.45) is 0 Å². The normalized spacial score (nSPS) is 14.6. The first-order valence-corrected chi connectivity index (χ1v) is 14.4. The van der Waals surface area contributed by atoms with E-state index in [0.717, 1.165) is 25.7 Å². The molecule has 0 heterocycles. The zero-order valence-corrected chi connectivity index (χ0v) is 20.2. The predicted octanol–water partition coefficient (Wildman–Crippen LogP) is 5.74. The van der Waals surface area contributed by atoms with Crippen LogP contribution in [0.3, 0.4) is 0 Å². The van der Waals surface area contributed by atoms with E-state index < -0.39 is 17.1 Å². The molecule has 0 saturated heterocycles. The Balaban J connectivity index is 6.41. The average molecular weight is 403 g/mol. The molecule has 0 rings (SSSR count). The van der Waals surface area contributed by atoms with Gasteiger partial charge in [0.15, 0.2) is 0 Å². The standard InChI is InChI=1S/C20H42O4Si2/c1-8-15-18-25(21-11-4,22-12-5)20(17-10-3)26(23-13-6,24-14-7)19-16-9-2/h15-16,18-20H,8-14,17H2,1-7H3. The summed E-state index contributed by atoms with van der Waals surface area (Å²) in [6.45, 7) is 17.3. The van der Waals surface area contributed by atoms with Crippen LogP contribution in [0.15, 0.2) is 23.6 Å². The fraction of sp³-hybridized carbons (Fsp3) is 0.800. The minimum absolute atomic E-state index is 0.158. The van der Waals surface area contributed by atoms with E-state index in [1.807, 2.05) is 0 Å². The largest absolute Gasteiger partial charge is 0.391 e. The lowest BCUT2D eigenvalue weighted by molar-refractivity contribution is 0.158. The zero-order valence-electron chi connectivity index (χ0n) is 18.2. The van der Waals surface area contributed by atoms with E-state index in [1.54, 1.807) is 0 Å². The second kappa shape index (κ2) is 14.8. The molecular weight excluding hydrogens is 360 g/mol. The van der Waals surface area contributed by atoms with Crippen molar-refractivity contribution < 1.29 is 17.7 Å². The second-order valence-electron chi connectivity index (χ2n) is 6.14. The van der Waals surface area contributed by atoms with Crippen LogP contribution in [0.2, 0.25) is 5.16 Å². The highest BCUT2D eigenvalue weighted by atomic mass is 28.4. The van der Waals surface area contributed by atoms with Crippen LogP contribution in [0.4, 0.5) is 0 Å². The minimum Gasteiger partial charge on any atom is -0.391 e. The number of rotatable bonds is 16. The SMILES string of the molecule is CCC=C[Si](OCC)(OCC)C(CCC)[Si](C=CCC)(OCC)OCC. The van der Waals surface area contributed by atoms with Gasteiger partial charge in [-0.3, -0.25) is 0 Å². The van der Waals surface area contributed by atoms with Gasteiger partial charge < -0.3 is 17.7 Å². The first-order chi connectivity index (χ1) is 12.6. The van der Waals surface area contributed by atoms with Crippen LogP contribution in [-0.4, -0.2) is 43.5 Å². The summed E-state index contributed by atoms with van der Waals surface area (Å²) in [5, 5.41) is 0.158. The summed E-state index contributed by atoms with van der Waals surface area (Å²) >= 11 is 0. The number of hydrogen-bond acceptors (Lipinski definition) is 4. The topological polar surface area (TPSA) is 36.9 Å². The van der Waals surface area contributed by atoms with E-state index >= 15 is 0 Å². The van der Waals surface area contributed by atoms with Gasteiger partial charge in [0.2, 0.25) is 0 Å². The Morgan fingerprint density at radius 3 is 1.19 bits per heavy atom. The lowest BCUT2D eigenvalue weighted by Crippen LogP contribution is -2.60. The zero-order chi connectivity index (χ0) is 19.9. The van der Waals surface area contributed by atoms with Gasteiger partial charge in [0.05, 0.1) is 5.16 Å². The Morgan fingerprint density at radius 2 is 0.962 bits per heavy atom. The van der Waals surface area contributed by atoms with E-state index in [-0.39, 0.29) is 5.16 Å². The molecule has 154 valence electrons. The summed E-state index contributed by atoms with van der Waals surface area (Å²) in [5.41, 5.74) is 4.47. The molecule has 0 unspecified atom stereocenters. The van der Waals surface area contributed by atoms with E-state index in [0.29, 0.717) is 26.4 Å². The Bertz CT molecular complexity index is 353. The van der Waals surface area contributed by atoms with Gasteiger partial charge in [0.1, 0.15) is 0 Å². The fourth-order valence-electron chi connectivity index (χ4n) is 3.35. The van der Waals surface area contributed by atoms with E-state index in [4.69, 9.17) is 17.7 Å². The second-order valence-corrected chi connectivity index (χ2v) is 12.8. The molecule has 0 saturated carbocycles. The van der Waals surface area contributed by atoms with Crippen molar-refractivity contribution in [2.45, 2.75) is 79.3 Å². The fourth-order valence-corrected chi connectivity index (χ4v) is 13.3. The van der Waals surface area contributed by atoms with Gasteiger partial charge >= 0.3 is 17.1 Å². The van der Waals surface area contributed by atoms with Crippen LogP contribution in [0.25, 0.3) is 0 Å². The third kappa shape index (κ3) is 7.40. The van der Waals surface area contributed by atoms with Gasteiger partial charge in [0, 0.05) is 26.4 Å². The highest BCUT2D eigenvalue weighted by molar-refractivity contribution is 6.93. The molecule has 0 N–H and O–H groups in total. The summed E-state index contributed by atoms with van der Waals surface area (Å²) in [4.78, 5) is 0. The molecule has 0 spiro atoms. The smallest absolute Gasteiger partial charge is 0.370 e. The highest BCUT2D eigenvalue weighted by Gasteiger charge is 2.58. The van der Waals surface area contributed by atoms with E-state index in [2.05, 4.69) is 72.0 Å². The maximum atomic E-state index is 6.44. The molecule has 0 aliphatic heterocycles. The first-order valence-electron chi connectivity index (χ1n) is 10.5. The molecule has 0 aromatic carbocycles. The molecule has 0 amide bonds. The molecule has 0 aliphatic rings. The van der Waals surface area contributed by atoms with E-state index in [1.165, 1.54) is 0 Å². The monoisotopic (exact) mass is 402 g/mol. The summed E-state index contributed by atoms with van der Waals surface area (Å²) in [5.74, 6) is 0. The maximum absolute atomic E-state index is 6.44. The number of allylic oxidation sites excluding steroid dienone is 2. The number of hydrogen-bond donors (Lipinski definition) is 0. The summed E-state index contributed by atoms with van der Waals surface area (Å²) in [7, 11) is -5.29. The van der Waals surface area contributed by atoms with Crippen LogP contribution in [-0.2, 0) is 17.7 Å². The van der Waals surface area contributed by atoms with Crippen molar-refractivity contribution in [1.82, 2.24) is 0 Å². The Kier molecular flexibility index (Phi) is 14.6. The van der Waals surface area contributed by atoms with Crippen LogP contribution < -0.4 is 0 Å². The van der Waals surface area contributed by atoms with Crippen LogP contribution in [0.5, 0.6) is 0 Å². The van der Waals surface area contributed by atoms with Gasteiger partial charge in [-0.15, -0.1) is 0 Å². The van der Waals surface area contributed by atoms with Crippen LogP contribution in [0.1, 0.15) is 74.1 Å². The Morgan fingerprint density at radius 1 is 0.615 bits per heavy atom. The van der Waals surface area contributed by atoms with Crippen molar-refractivity contribution >= 4 is 17.1 Å².